The van der Waals surface area contributed by atoms with E-state index in [1.807, 2.05) is 30.3 Å². The van der Waals surface area contributed by atoms with Gasteiger partial charge in [-0.3, -0.25) is 4.98 Å². The van der Waals surface area contributed by atoms with Crippen molar-refractivity contribution < 1.29 is 4.74 Å². The van der Waals surface area contributed by atoms with E-state index in [2.05, 4.69) is 4.98 Å². The Labute approximate surface area is 112 Å². The molecule has 18 heavy (non-hydrogen) atoms. The van der Waals surface area contributed by atoms with Crippen molar-refractivity contribution in [3.8, 4) is 5.75 Å². The first-order chi connectivity index (χ1) is 8.79. The van der Waals surface area contributed by atoms with E-state index in [0.717, 1.165) is 23.4 Å². The molecule has 1 aromatic heterocycles. The summed E-state index contributed by atoms with van der Waals surface area (Å²) < 4.78 is 5.71. The number of aromatic nitrogens is 1. The summed E-state index contributed by atoms with van der Waals surface area (Å²) in [7, 11) is 0. The molecule has 2 aromatic rings. The number of ether oxygens (including phenoxy) is 1. The van der Waals surface area contributed by atoms with Crippen molar-refractivity contribution >= 4 is 11.6 Å². The highest BCUT2D eigenvalue weighted by molar-refractivity contribution is 6.30. The molecule has 0 saturated heterocycles. The first-order valence-corrected chi connectivity index (χ1v) is 6.18. The molecule has 0 saturated carbocycles. The Morgan fingerprint density at radius 2 is 2.11 bits per heavy atom. The lowest BCUT2D eigenvalue weighted by molar-refractivity contribution is 0.317. The summed E-state index contributed by atoms with van der Waals surface area (Å²) >= 11 is 5.94. The lowest BCUT2D eigenvalue weighted by atomic mass is 10.2. The minimum atomic E-state index is 0.441. The standard InChI is InChI=1S/C14H15ClN2O/c15-12-5-4-11(10-16)14(9-12)18-8-6-13-3-1-2-7-17-13/h1-5,7,9H,6,8,10,16H2. The zero-order valence-corrected chi connectivity index (χ0v) is 10.7. The topological polar surface area (TPSA) is 48.1 Å². The Morgan fingerprint density at radius 1 is 1.22 bits per heavy atom. The smallest absolute Gasteiger partial charge is 0.125 e. The molecule has 0 spiro atoms. The molecule has 4 heteroatoms. The lowest BCUT2D eigenvalue weighted by Crippen LogP contribution is -2.06. The fraction of sp³-hybridized carbons (Fsp3) is 0.214. The zero-order chi connectivity index (χ0) is 12.8. The van der Waals surface area contributed by atoms with Crippen molar-refractivity contribution in [3.05, 3.63) is 58.9 Å². The summed E-state index contributed by atoms with van der Waals surface area (Å²) in [6.45, 7) is 1.00. The van der Waals surface area contributed by atoms with E-state index in [0.29, 0.717) is 18.2 Å². The van der Waals surface area contributed by atoms with E-state index in [1.165, 1.54) is 0 Å². The Morgan fingerprint density at radius 3 is 2.83 bits per heavy atom. The molecular weight excluding hydrogens is 248 g/mol. The maximum atomic E-state index is 5.94. The van der Waals surface area contributed by atoms with E-state index in [4.69, 9.17) is 22.1 Å². The van der Waals surface area contributed by atoms with Crippen LogP contribution in [0.5, 0.6) is 5.75 Å². The number of hydrogen-bond acceptors (Lipinski definition) is 3. The van der Waals surface area contributed by atoms with Crippen LogP contribution in [0.2, 0.25) is 5.02 Å². The number of hydrogen-bond donors (Lipinski definition) is 1. The quantitative estimate of drug-likeness (QED) is 0.901. The summed E-state index contributed by atoms with van der Waals surface area (Å²) in [6, 6.07) is 11.3. The maximum Gasteiger partial charge on any atom is 0.125 e. The Bertz CT molecular complexity index is 502. The van der Waals surface area contributed by atoms with Gasteiger partial charge in [0.1, 0.15) is 5.75 Å². The van der Waals surface area contributed by atoms with E-state index < -0.39 is 0 Å². The maximum absolute atomic E-state index is 5.94. The summed E-state index contributed by atoms with van der Waals surface area (Å²) in [5.41, 5.74) is 7.62. The molecule has 0 amide bonds. The molecule has 0 aliphatic carbocycles. The van der Waals surface area contributed by atoms with Crippen LogP contribution in [-0.2, 0) is 13.0 Å². The van der Waals surface area contributed by atoms with E-state index in [1.54, 1.807) is 12.3 Å². The van der Waals surface area contributed by atoms with Crippen LogP contribution in [-0.4, -0.2) is 11.6 Å². The van der Waals surface area contributed by atoms with Crippen LogP contribution < -0.4 is 10.5 Å². The third kappa shape index (κ3) is 3.45. The highest BCUT2D eigenvalue weighted by atomic mass is 35.5. The minimum absolute atomic E-state index is 0.441. The van der Waals surface area contributed by atoms with Crippen molar-refractivity contribution in [3.63, 3.8) is 0 Å². The lowest BCUT2D eigenvalue weighted by Gasteiger charge is -2.10. The van der Waals surface area contributed by atoms with Gasteiger partial charge in [-0.1, -0.05) is 23.7 Å². The molecule has 1 heterocycles. The van der Waals surface area contributed by atoms with E-state index in [9.17, 15) is 0 Å². The van der Waals surface area contributed by atoms with Gasteiger partial charge in [0.05, 0.1) is 6.61 Å². The molecule has 2 rings (SSSR count). The highest BCUT2D eigenvalue weighted by Crippen LogP contribution is 2.23. The molecular formula is C14H15ClN2O. The summed E-state index contributed by atoms with van der Waals surface area (Å²) in [4.78, 5) is 4.24. The summed E-state index contributed by atoms with van der Waals surface area (Å²) in [5.74, 6) is 0.751. The van der Waals surface area contributed by atoms with Gasteiger partial charge in [-0.15, -0.1) is 0 Å². The average Bonchev–Trinajstić information content (AvgIpc) is 2.40. The highest BCUT2D eigenvalue weighted by Gasteiger charge is 2.03. The van der Waals surface area contributed by atoms with Crippen molar-refractivity contribution in [2.45, 2.75) is 13.0 Å². The number of benzene rings is 1. The molecule has 0 aliphatic heterocycles. The molecule has 0 fully saturated rings. The SMILES string of the molecule is NCc1ccc(Cl)cc1OCCc1ccccn1. The van der Waals surface area contributed by atoms with Crippen LogP contribution in [0.1, 0.15) is 11.3 Å². The Hall–Kier alpha value is -1.58. The van der Waals surface area contributed by atoms with Gasteiger partial charge in [-0.25, -0.2) is 0 Å². The second-order valence-electron chi connectivity index (χ2n) is 3.88. The van der Waals surface area contributed by atoms with E-state index in [-0.39, 0.29) is 0 Å². The second kappa shape index (κ2) is 6.38. The van der Waals surface area contributed by atoms with E-state index >= 15 is 0 Å². The predicted molar refractivity (Wildman–Crippen MR) is 72.8 cm³/mol. The fourth-order valence-electron chi connectivity index (χ4n) is 1.64. The fourth-order valence-corrected chi connectivity index (χ4v) is 1.81. The molecule has 0 bridgehead atoms. The average molecular weight is 263 g/mol. The van der Waals surface area contributed by atoms with Gasteiger partial charge in [-0.05, 0) is 24.3 Å². The van der Waals surface area contributed by atoms with Crippen molar-refractivity contribution in [2.24, 2.45) is 5.73 Å². The number of pyridine rings is 1. The van der Waals surface area contributed by atoms with Gasteiger partial charge in [0.15, 0.2) is 0 Å². The van der Waals surface area contributed by atoms with Gasteiger partial charge in [0.25, 0.3) is 0 Å². The van der Waals surface area contributed by atoms with Crippen LogP contribution in [0.15, 0.2) is 42.6 Å². The molecule has 0 atom stereocenters. The second-order valence-corrected chi connectivity index (χ2v) is 4.31. The summed E-state index contributed by atoms with van der Waals surface area (Å²) in [6.07, 6.45) is 2.54. The molecule has 0 unspecified atom stereocenters. The van der Waals surface area contributed by atoms with Crippen LogP contribution in [0.3, 0.4) is 0 Å². The predicted octanol–water partition coefficient (Wildman–Crippen LogP) is 2.82. The van der Waals surface area contributed by atoms with Gasteiger partial charge in [-0.2, -0.15) is 0 Å². The zero-order valence-electron chi connectivity index (χ0n) is 9.97. The monoisotopic (exact) mass is 262 g/mol. The summed E-state index contributed by atoms with van der Waals surface area (Å²) in [5, 5.41) is 0.653. The Kier molecular flexibility index (Phi) is 4.56. The normalized spacial score (nSPS) is 10.3. The van der Waals surface area contributed by atoms with Crippen LogP contribution in [0, 0.1) is 0 Å². The first kappa shape index (κ1) is 12.9. The largest absolute Gasteiger partial charge is 0.493 e. The minimum Gasteiger partial charge on any atom is -0.493 e. The van der Waals surface area contributed by atoms with Crippen LogP contribution in [0.25, 0.3) is 0 Å². The molecule has 2 N–H and O–H groups in total. The molecule has 0 radical (unpaired) electrons. The molecule has 3 nitrogen and oxygen atoms in total. The van der Waals surface area contributed by atoms with Crippen LogP contribution in [0.4, 0.5) is 0 Å². The molecule has 1 aromatic carbocycles. The van der Waals surface area contributed by atoms with Crippen molar-refractivity contribution in [1.82, 2.24) is 4.98 Å². The van der Waals surface area contributed by atoms with Gasteiger partial charge >= 0.3 is 0 Å². The number of nitrogens with zero attached hydrogens (tertiary/aromatic N) is 1. The molecule has 0 aliphatic rings. The third-order valence-corrected chi connectivity index (χ3v) is 2.83. The first-order valence-electron chi connectivity index (χ1n) is 5.81. The van der Waals surface area contributed by atoms with Gasteiger partial charge in [0.2, 0.25) is 0 Å². The van der Waals surface area contributed by atoms with Gasteiger partial charge in [0, 0.05) is 35.4 Å². The molecule has 94 valence electrons. The van der Waals surface area contributed by atoms with Crippen LogP contribution >= 0.6 is 11.6 Å². The van der Waals surface area contributed by atoms with Gasteiger partial charge < -0.3 is 10.5 Å². The number of nitrogens with two attached hydrogens (primary N) is 1. The number of halogens is 1. The third-order valence-electron chi connectivity index (χ3n) is 2.59. The van der Waals surface area contributed by atoms with Crippen molar-refractivity contribution in [1.29, 1.82) is 0 Å². The van der Waals surface area contributed by atoms with Crippen molar-refractivity contribution in [2.75, 3.05) is 6.61 Å². The Balaban J connectivity index is 1.96. The number of rotatable bonds is 5.